The molecule has 0 fully saturated rings. The summed E-state index contributed by atoms with van der Waals surface area (Å²) in [5.74, 6) is -1.00. The second-order valence-electron chi connectivity index (χ2n) is 5.09. The highest BCUT2D eigenvalue weighted by molar-refractivity contribution is 6.06. The van der Waals surface area contributed by atoms with Crippen LogP contribution in [0.1, 0.15) is 26.5 Å². The molecular formula is C17H15N5O2. The van der Waals surface area contributed by atoms with Crippen LogP contribution < -0.4 is 11.1 Å². The van der Waals surface area contributed by atoms with Crippen LogP contribution >= 0.6 is 0 Å². The first-order valence-electron chi connectivity index (χ1n) is 7.26. The maximum atomic E-state index is 12.2. The molecule has 2 amide bonds. The average Bonchev–Trinajstić information content (AvgIpc) is 2.99. The van der Waals surface area contributed by atoms with E-state index in [9.17, 15) is 9.59 Å². The Balaban J connectivity index is 1.86. The van der Waals surface area contributed by atoms with Gasteiger partial charge in [0.15, 0.2) is 11.5 Å². The predicted octanol–water partition coefficient (Wildman–Crippen LogP) is 1.68. The first-order chi connectivity index (χ1) is 11.6. The normalized spacial score (nSPS) is 10.3. The van der Waals surface area contributed by atoms with Crippen molar-refractivity contribution in [2.75, 3.05) is 5.32 Å². The van der Waals surface area contributed by atoms with Crippen molar-refractivity contribution in [3.8, 4) is 0 Å². The van der Waals surface area contributed by atoms with Crippen molar-refractivity contribution in [2.24, 2.45) is 5.73 Å². The number of benzene rings is 1. The average molecular weight is 321 g/mol. The Kier molecular flexibility index (Phi) is 4.33. The number of nitrogens with one attached hydrogen (secondary N) is 1. The summed E-state index contributed by atoms with van der Waals surface area (Å²) in [6.07, 6.45) is 2.99. The second-order valence-corrected chi connectivity index (χ2v) is 5.09. The molecular weight excluding hydrogens is 306 g/mol. The van der Waals surface area contributed by atoms with Crippen LogP contribution in [0, 0.1) is 0 Å². The summed E-state index contributed by atoms with van der Waals surface area (Å²) in [6, 6.07) is 14.5. The SMILES string of the molecule is NC(=O)c1c(NC(=O)c2ccccn2)ncn1Cc1ccccc1. The molecule has 0 bridgehead atoms. The first-order valence-corrected chi connectivity index (χ1v) is 7.26. The Labute approximate surface area is 138 Å². The summed E-state index contributed by atoms with van der Waals surface area (Å²) >= 11 is 0. The van der Waals surface area contributed by atoms with Gasteiger partial charge in [0.25, 0.3) is 11.8 Å². The van der Waals surface area contributed by atoms with Crippen LogP contribution in [0.3, 0.4) is 0 Å². The van der Waals surface area contributed by atoms with E-state index in [2.05, 4.69) is 15.3 Å². The van der Waals surface area contributed by atoms with Gasteiger partial charge in [0, 0.05) is 12.7 Å². The lowest BCUT2D eigenvalue weighted by molar-refractivity contribution is 0.0993. The standard InChI is InChI=1S/C17H15N5O2/c18-15(23)14-16(21-17(24)13-8-4-5-9-19-13)20-11-22(14)10-12-6-2-1-3-7-12/h1-9,11H,10H2,(H2,18,23)(H,21,24). The highest BCUT2D eigenvalue weighted by atomic mass is 16.2. The number of primary amides is 1. The number of hydrogen-bond donors (Lipinski definition) is 2. The highest BCUT2D eigenvalue weighted by Crippen LogP contribution is 2.16. The molecule has 0 spiro atoms. The number of carbonyl (C=O) groups is 2. The first kappa shape index (κ1) is 15.4. The molecule has 0 radical (unpaired) electrons. The maximum absolute atomic E-state index is 12.2. The smallest absolute Gasteiger partial charge is 0.275 e. The third-order valence-electron chi connectivity index (χ3n) is 3.40. The minimum atomic E-state index is -0.667. The van der Waals surface area contributed by atoms with Crippen molar-refractivity contribution in [2.45, 2.75) is 6.54 Å². The van der Waals surface area contributed by atoms with Crippen molar-refractivity contribution >= 4 is 17.6 Å². The van der Waals surface area contributed by atoms with Gasteiger partial charge in [-0.1, -0.05) is 36.4 Å². The number of amides is 2. The molecule has 0 aliphatic carbocycles. The molecule has 0 unspecified atom stereocenters. The van der Waals surface area contributed by atoms with Gasteiger partial charge in [-0.15, -0.1) is 0 Å². The number of aromatic nitrogens is 3. The van der Waals surface area contributed by atoms with E-state index in [1.165, 1.54) is 12.5 Å². The van der Waals surface area contributed by atoms with Gasteiger partial charge in [0.05, 0.1) is 6.33 Å². The van der Waals surface area contributed by atoms with Crippen LogP contribution in [0.4, 0.5) is 5.82 Å². The van der Waals surface area contributed by atoms with E-state index in [4.69, 9.17) is 5.73 Å². The van der Waals surface area contributed by atoms with Crippen LogP contribution in [0.15, 0.2) is 61.1 Å². The minimum Gasteiger partial charge on any atom is -0.364 e. The molecule has 0 saturated heterocycles. The number of rotatable bonds is 5. The molecule has 2 heterocycles. The largest absolute Gasteiger partial charge is 0.364 e. The summed E-state index contributed by atoms with van der Waals surface area (Å²) in [6.45, 7) is 0.422. The molecule has 1 aromatic carbocycles. The number of nitrogens with two attached hydrogens (primary N) is 1. The lowest BCUT2D eigenvalue weighted by Gasteiger charge is -2.08. The Bertz CT molecular complexity index is 859. The van der Waals surface area contributed by atoms with Crippen molar-refractivity contribution in [1.82, 2.24) is 14.5 Å². The van der Waals surface area contributed by atoms with Crippen LogP contribution in [0.25, 0.3) is 0 Å². The fourth-order valence-corrected chi connectivity index (χ4v) is 2.30. The third kappa shape index (κ3) is 3.30. The summed E-state index contributed by atoms with van der Waals surface area (Å²) < 4.78 is 1.60. The zero-order chi connectivity index (χ0) is 16.9. The highest BCUT2D eigenvalue weighted by Gasteiger charge is 2.19. The molecule has 0 saturated carbocycles. The number of carbonyl (C=O) groups excluding carboxylic acids is 2. The Morgan fingerprint density at radius 2 is 1.79 bits per heavy atom. The molecule has 2 aromatic heterocycles. The zero-order valence-corrected chi connectivity index (χ0v) is 12.7. The third-order valence-corrected chi connectivity index (χ3v) is 3.40. The van der Waals surface area contributed by atoms with Crippen molar-refractivity contribution in [3.05, 3.63) is 78.0 Å². The Morgan fingerprint density at radius 1 is 1.04 bits per heavy atom. The molecule has 0 aliphatic heterocycles. The molecule has 3 rings (SSSR count). The number of pyridine rings is 1. The molecule has 3 N–H and O–H groups in total. The predicted molar refractivity (Wildman–Crippen MR) is 88.5 cm³/mol. The van der Waals surface area contributed by atoms with Gasteiger partial charge in [0.1, 0.15) is 5.69 Å². The van der Waals surface area contributed by atoms with Gasteiger partial charge in [-0.3, -0.25) is 14.6 Å². The molecule has 0 aliphatic rings. The lowest BCUT2D eigenvalue weighted by Crippen LogP contribution is -2.21. The van der Waals surface area contributed by atoms with Crippen LogP contribution in [-0.2, 0) is 6.54 Å². The van der Waals surface area contributed by atoms with Crippen LogP contribution in [0.2, 0.25) is 0 Å². The Hall–Kier alpha value is -3.48. The quantitative estimate of drug-likeness (QED) is 0.746. The maximum Gasteiger partial charge on any atom is 0.275 e. The molecule has 120 valence electrons. The van der Waals surface area contributed by atoms with Gasteiger partial charge in [-0.2, -0.15) is 0 Å². The van der Waals surface area contributed by atoms with E-state index in [-0.39, 0.29) is 17.2 Å². The van der Waals surface area contributed by atoms with Crippen molar-refractivity contribution in [1.29, 1.82) is 0 Å². The topological polar surface area (TPSA) is 103 Å². The number of nitrogens with zero attached hydrogens (tertiary/aromatic N) is 3. The zero-order valence-electron chi connectivity index (χ0n) is 12.7. The number of anilines is 1. The second kappa shape index (κ2) is 6.74. The minimum absolute atomic E-state index is 0.120. The van der Waals surface area contributed by atoms with Gasteiger partial charge in [-0.05, 0) is 17.7 Å². The molecule has 7 heteroatoms. The van der Waals surface area contributed by atoms with E-state index >= 15 is 0 Å². The number of hydrogen-bond acceptors (Lipinski definition) is 4. The van der Waals surface area contributed by atoms with E-state index in [1.54, 1.807) is 22.8 Å². The van der Waals surface area contributed by atoms with E-state index in [0.29, 0.717) is 6.54 Å². The van der Waals surface area contributed by atoms with Crippen molar-refractivity contribution < 1.29 is 9.59 Å². The number of imidazole rings is 1. The molecule has 24 heavy (non-hydrogen) atoms. The van der Waals surface area contributed by atoms with Crippen LogP contribution in [-0.4, -0.2) is 26.3 Å². The van der Waals surface area contributed by atoms with Crippen molar-refractivity contribution in [3.63, 3.8) is 0 Å². The van der Waals surface area contributed by atoms with Gasteiger partial charge >= 0.3 is 0 Å². The summed E-state index contributed by atoms with van der Waals surface area (Å²) in [4.78, 5) is 32.1. The summed E-state index contributed by atoms with van der Waals surface area (Å²) in [5, 5.41) is 2.58. The fourth-order valence-electron chi connectivity index (χ4n) is 2.30. The van der Waals surface area contributed by atoms with E-state index < -0.39 is 11.8 Å². The molecule has 7 nitrogen and oxygen atoms in total. The Morgan fingerprint density at radius 3 is 2.46 bits per heavy atom. The fraction of sp³-hybridized carbons (Fsp3) is 0.0588. The van der Waals surface area contributed by atoms with Gasteiger partial charge in [-0.25, -0.2) is 4.98 Å². The van der Waals surface area contributed by atoms with Crippen LogP contribution in [0.5, 0.6) is 0 Å². The van der Waals surface area contributed by atoms with Gasteiger partial charge in [0.2, 0.25) is 0 Å². The van der Waals surface area contributed by atoms with E-state index in [1.807, 2.05) is 30.3 Å². The summed E-state index contributed by atoms with van der Waals surface area (Å²) in [7, 11) is 0. The monoisotopic (exact) mass is 321 g/mol. The molecule has 0 atom stereocenters. The van der Waals surface area contributed by atoms with Gasteiger partial charge < -0.3 is 15.6 Å². The molecule has 3 aromatic rings. The summed E-state index contributed by atoms with van der Waals surface area (Å²) in [5.41, 5.74) is 6.82. The van der Waals surface area contributed by atoms with E-state index in [0.717, 1.165) is 5.56 Å². The lowest BCUT2D eigenvalue weighted by atomic mass is 10.2.